The Morgan fingerprint density at radius 3 is 2.91 bits per heavy atom. The maximum absolute atomic E-state index is 5.88. The van der Waals surface area contributed by atoms with Crippen LogP contribution in [0.3, 0.4) is 0 Å². The fourth-order valence-electron chi connectivity index (χ4n) is 1.29. The van der Waals surface area contributed by atoms with Crippen molar-refractivity contribution in [2.75, 3.05) is 24.7 Å². The molecule has 1 rings (SSSR count). The normalized spacial score (nSPS) is 31.1. The molecule has 1 saturated heterocycles. The van der Waals surface area contributed by atoms with Crippen molar-refractivity contribution in [2.24, 2.45) is 11.7 Å². The van der Waals surface area contributed by atoms with E-state index in [1.54, 1.807) is 0 Å². The van der Waals surface area contributed by atoms with Crippen LogP contribution in [0.15, 0.2) is 0 Å². The van der Waals surface area contributed by atoms with Crippen molar-refractivity contribution >= 4 is 11.8 Å². The molecule has 0 saturated carbocycles. The lowest BCUT2D eigenvalue weighted by molar-refractivity contribution is 0.133. The van der Waals surface area contributed by atoms with Crippen molar-refractivity contribution in [3.05, 3.63) is 0 Å². The van der Waals surface area contributed by atoms with Gasteiger partial charge in [0, 0.05) is 25.0 Å². The monoisotopic (exact) mass is 175 g/mol. The van der Waals surface area contributed by atoms with Crippen LogP contribution in [0.1, 0.15) is 13.3 Å². The molecule has 11 heavy (non-hydrogen) atoms. The van der Waals surface area contributed by atoms with E-state index in [0.717, 1.165) is 25.4 Å². The SMILES string of the molecule is CCOCCC1CSCC1N. The second-order valence-corrected chi connectivity index (χ2v) is 4.02. The molecule has 2 unspecified atom stereocenters. The lowest BCUT2D eigenvalue weighted by Crippen LogP contribution is -2.29. The van der Waals surface area contributed by atoms with Gasteiger partial charge in [-0.15, -0.1) is 0 Å². The van der Waals surface area contributed by atoms with Crippen molar-refractivity contribution in [3.8, 4) is 0 Å². The smallest absolute Gasteiger partial charge is 0.0469 e. The molecule has 0 aromatic rings. The highest BCUT2D eigenvalue weighted by atomic mass is 32.2. The predicted octanol–water partition coefficient (Wildman–Crippen LogP) is 1.10. The van der Waals surface area contributed by atoms with Gasteiger partial charge in [-0.05, 0) is 25.0 Å². The van der Waals surface area contributed by atoms with Crippen LogP contribution in [0.25, 0.3) is 0 Å². The van der Waals surface area contributed by atoms with Crippen LogP contribution in [0.4, 0.5) is 0 Å². The minimum absolute atomic E-state index is 0.417. The topological polar surface area (TPSA) is 35.2 Å². The van der Waals surface area contributed by atoms with Crippen molar-refractivity contribution in [3.63, 3.8) is 0 Å². The minimum atomic E-state index is 0.417. The van der Waals surface area contributed by atoms with Crippen LogP contribution >= 0.6 is 11.8 Å². The molecule has 0 amide bonds. The lowest BCUT2D eigenvalue weighted by Gasteiger charge is -2.13. The third kappa shape index (κ3) is 3.01. The van der Waals surface area contributed by atoms with Gasteiger partial charge in [-0.3, -0.25) is 0 Å². The molecule has 0 aliphatic carbocycles. The second-order valence-electron chi connectivity index (χ2n) is 2.95. The minimum Gasteiger partial charge on any atom is -0.382 e. The Morgan fingerprint density at radius 2 is 2.36 bits per heavy atom. The molecule has 2 nitrogen and oxygen atoms in total. The summed E-state index contributed by atoms with van der Waals surface area (Å²) in [6, 6.07) is 0.417. The third-order valence-electron chi connectivity index (χ3n) is 2.08. The first-order valence-electron chi connectivity index (χ1n) is 4.25. The third-order valence-corrected chi connectivity index (χ3v) is 3.37. The predicted molar refractivity (Wildman–Crippen MR) is 49.9 cm³/mol. The zero-order valence-corrected chi connectivity index (χ0v) is 7.90. The number of hydrogen-bond donors (Lipinski definition) is 1. The van der Waals surface area contributed by atoms with E-state index in [2.05, 4.69) is 0 Å². The number of hydrogen-bond acceptors (Lipinski definition) is 3. The van der Waals surface area contributed by atoms with Crippen molar-refractivity contribution in [1.82, 2.24) is 0 Å². The van der Waals surface area contributed by atoms with E-state index in [1.165, 1.54) is 5.75 Å². The molecule has 0 spiro atoms. The van der Waals surface area contributed by atoms with E-state index in [4.69, 9.17) is 10.5 Å². The Labute approximate surface area is 72.9 Å². The molecule has 0 bridgehead atoms. The molecule has 1 heterocycles. The summed E-state index contributed by atoms with van der Waals surface area (Å²) < 4.78 is 5.28. The molecular weight excluding hydrogens is 158 g/mol. The van der Waals surface area contributed by atoms with Gasteiger partial charge in [0.1, 0.15) is 0 Å². The summed E-state index contributed by atoms with van der Waals surface area (Å²) in [7, 11) is 0. The summed E-state index contributed by atoms with van der Waals surface area (Å²) in [4.78, 5) is 0. The maximum Gasteiger partial charge on any atom is 0.0469 e. The Balaban J connectivity index is 2.05. The van der Waals surface area contributed by atoms with Crippen LogP contribution in [0.5, 0.6) is 0 Å². The van der Waals surface area contributed by atoms with Gasteiger partial charge >= 0.3 is 0 Å². The molecule has 2 atom stereocenters. The van der Waals surface area contributed by atoms with Gasteiger partial charge in [-0.1, -0.05) is 0 Å². The summed E-state index contributed by atoms with van der Waals surface area (Å²) in [5.41, 5.74) is 5.88. The van der Waals surface area contributed by atoms with Crippen LogP contribution < -0.4 is 5.73 Å². The summed E-state index contributed by atoms with van der Waals surface area (Å²) >= 11 is 1.97. The fraction of sp³-hybridized carbons (Fsp3) is 1.00. The first-order chi connectivity index (χ1) is 5.34. The fourth-order valence-corrected chi connectivity index (χ4v) is 2.69. The van der Waals surface area contributed by atoms with E-state index < -0.39 is 0 Å². The van der Waals surface area contributed by atoms with Gasteiger partial charge < -0.3 is 10.5 Å². The van der Waals surface area contributed by atoms with E-state index in [9.17, 15) is 0 Å². The molecule has 0 aromatic heterocycles. The number of nitrogens with two attached hydrogens (primary N) is 1. The van der Waals surface area contributed by atoms with Gasteiger partial charge in [0.15, 0.2) is 0 Å². The zero-order chi connectivity index (χ0) is 8.10. The van der Waals surface area contributed by atoms with E-state index >= 15 is 0 Å². The van der Waals surface area contributed by atoms with Gasteiger partial charge in [0.25, 0.3) is 0 Å². The van der Waals surface area contributed by atoms with Gasteiger partial charge in [0.05, 0.1) is 0 Å². The van der Waals surface area contributed by atoms with Gasteiger partial charge in [0.2, 0.25) is 0 Å². The first kappa shape index (κ1) is 9.36. The van der Waals surface area contributed by atoms with E-state index in [0.29, 0.717) is 12.0 Å². The molecular formula is C8H17NOS. The zero-order valence-electron chi connectivity index (χ0n) is 7.08. The number of thioether (sulfide) groups is 1. The second kappa shape index (κ2) is 5.01. The highest BCUT2D eigenvalue weighted by Gasteiger charge is 2.23. The Morgan fingerprint density at radius 1 is 1.55 bits per heavy atom. The first-order valence-corrected chi connectivity index (χ1v) is 5.41. The van der Waals surface area contributed by atoms with Crippen LogP contribution in [-0.4, -0.2) is 30.8 Å². The van der Waals surface area contributed by atoms with E-state index in [-0.39, 0.29) is 0 Å². The van der Waals surface area contributed by atoms with Crippen LogP contribution in [-0.2, 0) is 4.74 Å². The summed E-state index contributed by atoms with van der Waals surface area (Å²) in [6.45, 7) is 3.74. The van der Waals surface area contributed by atoms with Crippen LogP contribution in [0.2, 0.25) is 0 Å². The highest BCUT2D eigenvalue weighted by molar-refractivity contribution is 7.99. The maximum atomic E-state index is 5.88. The Bertz CT molecular complexity index is 110. The highest BCUT2D eigenvalue weighted by Crippen LogP contribution is 2.25. The quantitative estimate of drug-likeness (QED) is 0.650. The largest absolute Gasteiger partial charge is 0.382 e. The average Bonchev–Trinajstić information content (AvgIpc) is 2.37. The molecule has 2 N–H and O–H groups in total. The number of rotatable bonds is 4. The lowest BCUT2D eigenvalue weighted by atomic mass is 10.0. The average molecular weight is 175 g/mol. The van der Waals surface area contributed by atoms with Crippen molar-refractivity contribution < 1.29 is 4.74 Å². The van der Waals surface area contributed by atoms with Crippen LogP contribution in [0, 0.1) is 5.92 Å². The van der Waals surface area contributed by atoms with Gasteiger partial charge in [-0.25, -0.2) is 0 Å². The molecule has 0 radical (unpaired) electrons. The van der Waals surface area contributed by atoms with Crippen molar-refractivity contribution in [1.29, 1.82) is 0 Å². The summed E-state index contributed by atoms with van der Waals surface area (Å²) in [5, 5.41) is 0. The molecule has 66 valence electrons. The summed E-state index contributed by atoms with van der Waals surface area (Å²) in [5.74, 6) is 3.07. The summed E-state index contributed by atoms with van der Waals surface area (Å²) in [6.07, 6.45) is 1.14. The number of ether oxygens (including phenoxy) is 1. The standard InChI is InChI=1S/C8H17NOS/c1-2-10-4-3-7-5-11-6-8(7)9/h7-8H,2-6,9H2,1H3. The molecule has 0 aromatic carbocycles. The van der Waals surface area contributed by atoms with Gasteiger partial charge in [-0.2, -0.15) is 11.8 Å². The molecule has 1 fully saturated rings. The molecule has 1 aliphatic rings. The Kier molecular flexibility index (Phi) is 4.26. The molecule has 3 heteroatoms. The van der Waals surface area contributed by atoms with Crippen molar-refractivity contribution in [2.45, 2.75) is 19.4 Å². The van der Waals surface area contributed by atoms with E-state index in [1.807, 2.05) is 18.7 Å². The Hall–Kier alpha value is 0.270. The molecule has 1 aliphatic heterocycles.